The molecule has 8 nitrogen and oxygen atoms in total. The molecule has 0 saturated heterocycles. The van der Waals surface area contributed by atoms with Crippen molar-refractivity contribution >= 4 is 25.9 Å². The average molecular weight is 244 g/mol. The maximum atomic E-state index is 8.24. The second kappa shape index (κ2) is 160. The van der Waals surface area contributed by atoms with Crippen molar-refractivity contribution in [3.05, 3.63) is 0 Å². The average Bonchev–Trinajstić information content (AvgIpc) is 1.92. The van der Waals surface area contributed by atoms with E-state index in [0.29, 0.717) is 25.9 Å². The molecule has 0 fully saturated rings. The van der Waals surface area contributed by atoms with Gasteiger partial charge in [-0.1, -0.05) is 25.9 Å². The molecule has 0 unspecified atom stereocenters. The van der Waals surface area contributed by atoms with Crippen LogP contribution in [0.1, 0.15) is 0 Å². The van der Waals surface area contributed by atoms with Crippen LogP contribution in [-0.4, -0.2) is 46.3 Å². The van der Waals surface area contributed by atoms with Gasteiger partial charge in [0.2, 0.25) is 0 Å². The third-order valence-corrected chi connectivity index (χ3v) is 0. The summed E-state index contributed by atoms with van der Waals surface area (Å²) in [5, 5.41) is 27.1. The molecule has 0 aliphatic carbocycles. The molecule has 0 amide bonds. The molecule has 0 aromatic heterocycles. The van der Waals surface area contributed by atoms with E-state index in [2.05, 4.69) is 0 Å². The molecule has 0 rings (SSSR count). The van der Waals surface area contributed by atoms with E-state index in [9.17, 15) is 0 Å². The molecule has 0 aromatic carbocycles. The van der Waals surface area contributed by atoms with Crippen molar-refractivity contribution in [2.24, 2.45) is 0 Å². The molecule has 0 atom stereocenters. The Bertz CT molecular complexity index is 70.1. The first kappa shape index (κ1) is 30.1. The van der Waals surface area contributed by atoms with Crippen molar-refractivity contribution in [2.45, 2.75) is 0 Å². The molecule has 13 heavy (non-hydrogen) atoms. The fourth-order valence-electron chi connectivity index (χ4n) is 0. The van der Waals surface area contributed by atoms with Crippen molar-refractivity contribution in [2.75, 3.05) is 0 Å². The molecule has 0 aliphatic heterocycles. The molecule has 9 heteroatoms. The van der Waals surface area contributed by atoms with E-state index in [4.69, 9.17) is 39.6 Å². The first-order valence-corrected chi connectivity index (χ1v) is 1.71. The van der Waals surface area contributed by atoms with Crippen LogP contribution < -0.4 is 0 Å². The monoisotopic (exact) mass is 243 g/mol. The second-order valence-corrected chi connectivity index (χ2v) is 0.365. The van der Waals surface area contributed by atoms with Crippen molar-refractivity contribution in [1.82, 2.24) is 0 Å². The Morgan fingerprint density at radius 3 is 0.538 bits per heavy atom. The van der Waals surface area contributed by atoms with Crippen LogP contribution in [0.25, 0.3) is 0 Å². The van der Waals surface area contributed by atoms with Crippen LogP contribution in [0.3, 0.4) is 0 Å². The van der Waals surface area contributed by atoms with Gasteiger partial charge in [-0.15, -0.1) is 0 Å². The molecule has 0 spiro atoms. The fraction of sp³-hybridized carbons (Fsp3) is 0. The number of hydrogen-bond donors (Lipinski definition) is 4. The minimum atomic E-state index is 0. The van der Waals surface area contributed by atoms with Gasteiger partial charge in [-0.2, -0.15) is 0 Å². The minimum Gasteiger partial charge on any atom is -0.665 e. The minimum absolute atomic E-state index is 0. The molecule has 0 heterocycles. The Balaban J connectivity index is -0.0000000213. The Morgan fingerprint density at radius 2 is 0.538 bits per heavy atom. The summed E-state index contributed by atoms with van der Waals surface area (Å²) in [5.74, 6) is 0. The summed E-state index contributed by atoms with van der Waals surface area (Å²) in [7, 11) is 0. The summed E-state index contributed by atoms with van der Waals surface area (Å²) in [6.45, 7) is 2.00. The molecule has 1 radical (unpaired) electrons. The van der Waals surface area contributed by atoms with Gasteiger partial charge in [-0.25, -0.2) is 0 Å². The van der Waals surface area contributed by atoms with Crippen molar-refractivity contribution < 1.29 is 56.7 Å². The smallest absolute Gasteiger partial charge is 0 e. The maximum Gasteiger partial charge on any atom is 0 e. The number of rotatable bonds is 0. The molecule has 0 aromatic rings. The predicted octanol–water partition coefficient (Wildman–Crippen LogP) is -1.56. The van der Waals surface area contributed by atoms with Gasteiger partial charge in [-0.05, 0) is 0 Å². The van der Waals surface area contributed by atoms with Crippen LogP contribution in [0.2, 0.25) is 0 Å². The predicted molar refractivity (Wildman–Crippen MR) is 33.3 cm³/mol. The maximum absolute atomic E-state index is 8.24. The summed E-state index contributed by atoms with van der Waals surface area (Å²) in [5.41, 5.74) is 0. The second-order valence-electron chi connectivity index (χ2n) is 0.365. The van der Waals surface area contributed by atoms with E-state index in [0.717, 1.165) is 0 Å². The van der Waals surface area contributed by atoms with E-state index in [1.54, 1.807) is 0 Å². The summed E-state index contributed by atoms with van der Waals surface area (Å²) in [6, 6.07) is 0. The first-order valence-electron chi connectivity index (χ1n) is 1.71. The summed E-state index contributed by atoms with van der Waals surface area (Å²) in [4.78, 5) is 32.9. The van der Waals surface area contributed by atoms with Crippen LogP contribution in [-0.2, 0) is 36.2 Å². The number of aliphatic hydroxyl groups excluding tert-OH is 4. The third kappa shape index (κ3) is 286. The molecule has 83 valence electrons. The molecule has 4 N–H and O–H groups in total. The van der Waals surface area contributed by atoms with Crippen molar-refractivity contribution in [3.8, 4) is 0 Å². The normalized spacial score (nSPS) is 3.69. The zero-order valence-electron chi connectivity index (χ0n) is 5.72. The van der Waals surface area contributed by atoms with Gasteiger partial charge in [0, 0.05) is 17.1 Å². The van der Waals surface area contributed by atoms with Gasteiger partial charge in [-0.3, -0.25) is 0 Å². The molecular formula is C4H4CuO8-4. The summed E-state index contributed by atoms with van der Waals surface area (Å²) >= 11 is 0. The Hall–Kier alpha value is -1.60. The van der Waals surface area contributed by atoms with Gasteiger partial charge >= 0.3 is 0 Å². The zero-order chi connectivity index (χ0) is 10.8. The molecular weight excluding hydrogens is 240 g/mol. The van der Waals surface area contributed by atoms with Crippen LogP contribution in [0.5, 0.6) is 0 Å². The Labute approximate surface area is 83.3 Å². The Morgan fingerprint density at radius 1 is 0.538 bits per heavy atom. The largest absolute Gasteiger partial charge is 0.665 e. The van der Waals surface area contributed by atoms with Gasteiger partial charge in [0.05, 0.1) is 0 Å². The van der Waals surface area contributed by atoms with E-state index >= 15 is 0 Å². The van der Waals surface area contributed by atoms with E-state index in [1.807, 2.05) is 0 Å². The van der Waals surface area contributed by atoms with Gasteiger partial charge < -0.3 is 39.6 Å². The third-order valence-electron chi connectivity index (χ3n) is 0. The van der Waals surface area contributed by atoms with Crippen LogP contribution >= 0.6 is 0 Å². The quantitative estimate of drug-likeness (QED) is 0.295. The van der Waals surface area contributed by atoms with Crippen LogP contribution in [0.4, 0.5) is 0 Å². The SMILES string of the molecule is O=[C-]O.O=[C-]O.O=[C-]O.O=[C-]O.[Cu]. The number of hydrogen-bond acceptors (Lipinski definition) is 4. The topological polar surface area (TPSA) is 149 Å². The van der Waals surface area contributed by atoms with E-state index in [1.165, 1.54) is 0 Å². The van der Waals surface area contributed by atoms with Gasteiger partial charge in [0.25, 0.3) is 0 Å². The van der Waals surface area contributed by atoms with Crippen LogP contribution in [0.15, 0.2) is 0 Å². The molecule has 0 bridgehead atoms. The summed E-state index contributed by atoms with van der Waals surface area (Å²) in [6.07, 6.45) is 0. The van der Waals surface area contributed by atoms with Gasteiger partial charge in [0.1, 0.15) is 0 Å². The first-order chi connectivity index (χ1) is 5.66. The molecule has 0 saturated carbocycles. The Kier molecular flexibility index (Phi) is 370. The van der Waals surface area contributed by atoms with Crippen LogP contribution in [0, 0.1) is 0 Å². The fourth-order valence-corrected chi connectivity index (χ4v) is 0. The van der Waals surface area contributed by atoms with E-state index < -0.39 is 0 Å². The summed E-state index contributed by atoms with van der Waals surface area (Å²) < 4.78 is 0. The van der Waals surface area contributed by atoms with E-state index in [-0.39, 0.29) is 17.1 Å². The standard InChI is InChI=1S/4CHO2.Cu/c4*2-1-3;/h4*(H,2,3);/q4*-1;. The van der Waals surface area contributed by atoms with Crippen molar-refractivity contribution in [3.63, 3.8) is 0 Å². The van der Waals surface area contributed by atoms with Gasteiger partial charge in [0.15, 0.2) is 0 Å². The zero-order valence-corrected chi connectivity index (χ0v) is 6.67. The van der Waals surface area contributed by atoms with Crippen molar-refractivity contribution in [1.29, 1.82) is 0 Å². The molecule has 0 aliphatic rings.